The van der Waals surface area contributed by atoms with Gasteiger partial charge in [0.1, 0.15) is 4.33 Å². The van der Waals surface area contributed by atoms with Crippen LogP contribution in [0.1, 0.15) is 28.8 Å². The third-order valence-corrected chi connectivity index (χ3v) is 7.75. The number of hydrogen-bond donors (Lipinski definition) is 2. The summed E-state index contributed by atoms with van der Waals surface area (Å²) >= 11 is 31.3. The molecule has 0 heterocycles. The predicted octanol–water partition coefficient (Wildman–Crippen LogP) is 7.41. The fraction of sp³-hybridized carbons (Fsp3) is 0.192. The Bertz CT molecular complexity index is 1370. The van der Waals surface area contributed by atoms with Crippen molar-refractivity contribution in [3.8, 4) is 0 Å². The maximum Gasteiger partial charge on any atom is 0.257 e. The number of nitrogens with one attached hydrogen (secondary N) is 2. The topological polar surface area (TPSA) is 78.5 Å². The molecule has 11 heteroatoms. The maximum atomic E-state index is 13.0. The normalized spacial score (nSPS) is 17.6. The Kier molecular flexibility index (Phi) is 7.98. The summed E-state index contributed by atoms with van der Waals surface area (Å²) in [5.41, 5.74) is 2.34. The van der Waals surface area contributed by atoms with Crippen molar-refractivity contribution in [1.29, 1.82) is 0 Å². The molecule has 3 aromatic carbocycles. The van der Waals surface area contributed by atoms with Crippen molar-refractivity contribution < 1.29 is 14.4 Å². The molecule has 1 aliphatic rings. The van der Waals surface area contributed by atoms with Crippen molar-refractivity contribution >= 4 is 92.8 Å². The predicted molar refractivity (Wildman–Crippen MR) is 151 cm³/mol. The van der Waals surface area contributed by atoms with E-state index >= 15 is 0 Å². The van der Waals surface area contributed by atoms with Crippen molar-refractivity contribution in [2.24, 2.45) is 5.92 Å². The van der Waals surface area contributed by atoms with Gasteiger partial charge in [0.05, 0.1) is 16.5 Å². The number of amides is 3. The number of nitrogens with zero attached hydrogens (tertiary/aromatic N) is 1. The highest BCUT2D eigenvalue weighted by atomic mass is 35.5. The molecule has 0 radical (unpaired) electrons. The maximum absolute atomic E-state index is 13.0. The van der Waals surface area contributed by atoms with Crippen LogP contribution in [-0.4, -0.2) is 29.1 Å². The molecule has 192 valence electrons. The van der Waals surface area contributed by atoms with E-state index in [0.717, 1.165) is 0 Å². The zero-order valence-corrected chi connectivity index (χ0v) is 23.3. The molecule has 0 bridgehead atoms. The smallest absolute Gasteiger partial charge is 0.257 e. The fourth-order valence-electron chi connectivity index (χ4n) is 3.97. The molecule has 6 nitrogen and oxygen atoms in total. The lowest BCUT2D eigenvalue weighted by atomic mass is 10.1. The summed E-state index contributed by atoms with van der Waals surface area (Å²) in [6, 6.07) is 16.2. The number of hydrogen-bond acceptors (Lipinski definition) is 3. The first-order valence-corrected chi connectivity index (χ1v) is 12.9. The van der Waals surface area contributed by atoms with Crippen LogP contribution in [-0.2, 0) is 9.59 Å². The van der Waals surface area contributed by atoms with Gasteiger partial charge < -0.3 is 15.5 Å². The number of anilines is 3. The number of alkyl halides is 2. The minimum atomic E-state index is -1.34. The third kappa shape index (κ3) is 6.00. The minimum absolute atomic E-state index is 0.114. The molecule has 0 aliphatic heterocycles. The van der Waals surface area contributed by atoms with Crippen LogP contribution in [0.4, 0.5) is 17.1 Å². The van der Waals surface area contributed by atoms with Crippen LogP contribution in [0.2, 0.25) is 15.1 Å². The molecular formula is C26H20Cl5N3O3. The van der Waals surface area contributed by atoms with Crippen molar-refractivity contribution in [1.82, 2.24) is 0 Å². The van der Waals surface area contributed by atoms with E-state index in [4.69, 9.17) is 58.0 Å². The van der Waals surface area contributed by atoms with Gasteiger partial charge in [-0.3, -0.25) is 14.4 Å². The zero-order chi connectivity index (χ0) is 27.1. The van der Waals surface area contributed by atoms with Gasteiger partial charge in [0.2, 0.25) is 11.8 Å². The Morgan fingerprint density at radius 2 is 1.43 bits per heavy atom. The first-order valence-electron chi connectivity index (χ1n) is 11.0. The monoisotopic (exact) mass is 597 g/mol. The van der Waals surface area contributed by atoms with Crippen LogP contribution in [0.25, 0.3) is 0 Å². The molecule has 0 spiro atoms. The molecule has 2 atom stereocenters. The van der Waals surface area contributed by atoms with Gasteiger partial charge in [0.15, 0.2) is 0 Å². The summed E-state index contributed by atoms with van der Waals surface area (Å²) in [6.45, 7) is 1.46. The number of rotatable bonds is 6. The molecular weight excluding hydrogens is 580 g/mol. The van der Waals surface area contributed by atoms with E-state index < -0.39 is 28.0 Å². The molecule has 4 rings (SSSR count). The Morgan fingerprint density at radius 1 is 0.838 bits per heavy atom. The Balaban J connectivity index is 1.47. The number of halogens is 5. The van der Waals surface area contributed by atoms with E-state index in [1.807, 2.05) is 0 Å². The SMILES string of the molecule is CC(=O)N(C)c1ccc(NC(=O)c2cc(NC(=O)[C@@H]3[C@@H](c4cc(Cl)cc(Cl)c4)C3(Cl)Cl)ccc2Cl)cc1. The highest BCUT2D eigenvalue weighted by molar-refractivity contribution is 6.53. The van der Waals surface area contributed by atoms with Gasteiger partial charge >= 0.3 is 0 Å². The van der Waals surface area contributed by atoms with Gasteiger partial charge in [-0.05, 0) is 66.2 Å². The van der Waals surface area contributed by atoms with Crippen LogP contribution < -0.4 is 15.5 Å². The van der Waals surface area contributed by atoms with Gasteiger partial charge in [-0.1, -0.05) is 34.8 Å². The average Bonchev–Trinajstić information content (AvgIpc) is 3.41. The highest BCUT2D eigenvalue weighted by Crippen LogP contribution is 2.65. The van der Waals surface area contributed by atoms with E-state index in [9.17, 15) is 14.4 Å². The summed E-state index contributed by atoms with van der Waals surface area (Å²) in [4.78, 5) is 38.9. The fourth-order valence-corrected chi connectivity index (χ4v) is 5.54. The number of benzene rings is 3. The standard InChI is InChI=1S/C26H20Cl5N3O3/c1-13(35)34(2)19-6-3-17(4-7-19)32-24(36)20-12-18(5-8-21(20)29)33-25(37)23-22(26(23,30)31)14-9-15(27)11-16(28)10-14/h3-12,22-23H,1-2H3,(H,32,36)(H,33,37)/t22-,23+/m1/s1. The molecule has 37 heavy (non-hydrogen) atoms. The minimum Gasteiger partial charge on any atom is -0.326 e. The molecule has 1 saturated carbocycles. The Morgan fingerprint density at radius 3 is 2.03 bits per heavy atom. The molecule has 1 aliphatic carbocycles. The van der Waals surface area contributed by atoms with Crippen molar-refractivity contribution in [3.63, 3.8) is 0 Å². The molecule has 0 aromatic heterocycles. The first-order chi connectivity index (χ1) is 17.4. The van der Waals surface area contributed by atoms with E-state index in [1.165, 1.54) is 24.0 Å². The first kappa shape index (κ1) is 27.6. The second-order valence-electron chi connectivity index (χ2n) is 8.60. The molecule has 0 saturated heterocycles. The van der Waals surface area contributed by atoms with E-state index in [-0.39, 0.29) is 16.5 Å². The third-order valence-electron chi connectivity index (χ3n) is 6.04. The zero-order valence-electron chi connectivity index (χ0n) is 19.5. The van der Waals surface area contributed by atoms with Gasteiger partial charge in [0.25, 0.3) is 5.91 Å². The summed E-state index contributed by atoms with van der Waals surface area (Å²) in [6.07, 6.45) is 0. The lowest BCUT2D eigenvalue weighted by Crippen LogP contribution is -2.22. The number of carbonyl (C=O) groups excluding carboxylic acids is 3. The summed E-state index contributed by atoms with van der Waals surface area (Å²) in [7, 11) is 1.65. The molecule has 2 N–H and O–H groups in total. The average molecular weight is 600 g/mol. The molecule has 3 amide bonds. The van der Waals surface area contributed by atoms with E-state index in [1.54, 1.807) is 55.6 Å². The van der Waals surface area contributed by atoms with Gasteiger partial charge in [-0.2, -0.15) is 0 Å². The lowest BCUT2D eigenvalue weighted by Gasteiger charge is -2.15. The van der Waals surface area contributed by atoms with Crippen LogP contribution in [0.15, 0.2) is 60.7 Å². The number of carbonyl (C=O) groups is 3. The van der Waals surface area contributed by atoms with Crippen LogP contribution in [0, 0.1) is 5.92 Å². The van der Waals surface area contributed by atoms with Gasteiger partial charge in [-0.15, -0.1) is 23.2 Å². The summed E-state index contributed by atoms with van der Waals surface area (Å²) < 4.78 is -1.34. The van der Waals surface area contributed by atoms with Gasteiger partial charge in [-0.25, -0.2) is 0 Å². The quantitative estimate of drug-likeness (QED) is 0.290. The van der Waals surface area contributed by atoms with E-state index in [0.29, 0.717) is 32.7 Å². The van der Waals surface area contributed by atoms with Crippen LogP contribution in [0.5, 0.6) is 0 Å². The van der Waals surface area contributed by atoms with Crippen molar-refractivity contribution in [3.05, 3.63) is 86.9 Å². The largest absolute Gasteiger partial charge is 0.326 e. The van der Waals surface area contributed by atoms with Crippen LogP contribution >= 0.6 is 58.0 Å². The Hall–Kier alpha value is -2.48. The van der Waals surface area contributed by atoms with Crippen molar-refractivity contribution in [2.45, 2.75) is 17.2 Å². The van der Waals surface area contributed by atoms with Gasteiger partial charge in [0, 0.05) is 47.0 Å². The highest BCUT2D eigenvalue weighted by Gasteiger charge is 2.67. The summed E-state index contributed by atoms with van der Waals surface area (Å²) in [5, 5.41) is 6.53. The molecule has 1 fully saturated rings. The van der Waals surface area contributed by atoms with E-state index in [2.05, 4.69) is 10.6 Å². The van der Waals surface area contributed by atoms with Crippen LogP contribution in [0.3, 0.4) is 0 Å². The van der Waals surface area contributed by atoms with Crippen molar-refractivity contribution in [2.75, 3.05) is 22.6 Å². The lowest BCUT2D eigenvalue weighted by molar-refractivity contribution is -0.117. The molecule has 0 unspecified atom stereocenters. The second kappa shape index (κ2) is 10.7. The summed E-state index contributed by atoms with van der Waals surface area (Å²) in [5.74, 6) is -2.28. The second-order valence-corrected chi connectivity index (χ2v) is 11.3. The molecule has 3 aromatic rings. The Labute approximate surface area is 238 Å².